The zero-order valence-electron chi connectivity index (χ0n) is 19.5. The fourth-order valence-electron chi connectivity index (χ4n) is 6.55. The van der Waals surface area contributed by atoms with E-state index in [9.17, 15) is 9.90 Å². The van der Waals surface area contributed by atoms with Gasteiger partial charge in [0.05, 0.1) is 19.1 Å². The van der Waals surface area contributed by atoms with Gasteiger partial charge in [0.25, 0.3) is 0 Å². The summed E-state index contributed by atoms with van der Waals surface area (Å²) in [6.07, 6.45) is 4.53. The Labute approximate surface area is 191 Å². The van der Waals surface area contributed by atoms with Crippen molar-refractivity contribution in [2.75, 3.05) is 44.7 Å². The molecule has 0 spiro atoms. The summed E-state index contributed by atoms with van der Waals surface area (Å²) in [5.41, 5.74) is 2.23. The van der Waals surface area contributed by atoms with Crippen molar-refractivity contribution in [2.45, 2.75) is 45.3 Å². The average Bonchev–Trinajstić information content (AvgIpc) is 3.11. The number of rotatable bonds is 4. The molecule has 4 aliphatic rings. The normalized spacial score (nSPS) is 37.4. The molecule has 1 N–H and O–H groups in total. The Morgan fingerprint density at radius 3 is 2.78 bits per heavy atom. The van der Waals surface area contributed by atoms with Crippen LogP contribution in [0.5, 0.6) is 5.75 Å². The summed E-state index contributed by atoms with van der Waals surface area (Å²) in [6, 6.07) is 8.18. The molecule has 0 aromatic heterocycles. The van der Waals surface area contributed by atoms with Gasteiger partial charge in [-0.3, -0.25) is 9.69 Å². The summed E-state index contributed by atoms with van der Waals surface area (Å²) in [5, 5.41) is 11.6. The molecule has 1 saturated carbocycles. The molecule has 1 aromatic rings. The Kier molecular flexibility index (Phi) is 5.70. The number of hydrogen-bond acceptors (Lipinski definition) is 6. The van der Waals surface area contributed by atoms with Crippen LogP contribution in [0.4, 0.5) is 5.69 Å². The second-order valence-electron chi connectivity index (χ2n) is 10.3. The molecule has 2 aliphatic carbocycles. The SMILES string of the molecule is COc1cccc(N2CCN(C[C@H]3C(=O)O[C@@H]4CC5=CCC[C@@H](C)[C@@]5(C)[C@H](O)[C@@H]43)CC2)c1. The van der Waals surface area contributed by atoms with Crippen LogP contribution in [0.3, 0.4) is 0 Å². The topological polar surface area (TPSA) is 62.2 Å². The second kappa shape index (κ2) is 8.38. The minimum Gasteiger partial charge on any atom is -0.497 e. The minimum atomic E-state index is -0.530. The van der Waals surface area contributed by atoms with Crippen molar-refractivity contribution in [2.24, 2.45) is 23.2 Å². The fraction of sp³-hybridized carbons (Fsp3) is 0.654. The number of allylic oxidation sites excluding steroid dienone is 1. The van der Waals surface area contributed by atoms with Crippen LogP contribution in [0.1, 0.15) is 33.1 Å². The molecule has 2 saturated heterocycles. The number of methoxy groups -OCH3 is 1. The molecular formula is C26H36N2O4. The van der Waals surface area contributed by atoms with Gasteiger partial charge in [-0.05, 0) is 30.9 Å². The number of ether oxygens (including phenoxy) is 2. The van der Waals surface area contributed by atoms with Gasteiger partial charge in [-0.2, -0.15) is 0 Å². The molecule has 6 nitrogen and oxygen atoms in total. The Balaban J connectivity index is 1.26. The van der Waals surface area contributed by atoms with Crippen LogP contribution >= 0.6 is 0 Å². The van der Waals surface area contributed by atoms with Crippen molar-refractivity contribution in [1.29, 1.82) is 0 Å². The minimum absolute atomic E-state index is 0.110. The maximum Gasteiger partial charge on any atom is 0.311 e. The Morgan fingerprint density at radius 2 is 2.03 bits per heavy atom. The van der Waals surface area contributed by atoms with Crippen LogP contribution in [0.15, 0.2) is 35.9 Å². The first-order valence-corrected chi connectivity index (χ1v) is 12.1. The lowest BCUT2D eigenvalue weighted by Crippen LogP contribution is -2.55. The van der Waals surface area contributed by atoms with E-state index < -0.39 is 6.10 Å². The molecular weight excluding hydrogens is 404 g/mol. The smallest absolute Gasteiger partial charge is 0.311 e. The van der Waals surface area contributed by atoms with Crippen molar-refractivity contribution in [1.82, 2.24) is 4.90 Å². The predicted molar refractivity (Wildman–Crippen MR) is 124 cm³/mol. The van der Waals surface area contributed by atoms with Gasteiger partial charge in [0.1, 0.15) is 11.9 Å². The van der Waals surface area contributed by atoms with Gasteiger partial charge in [-0.15, -0.1) is 0 Å². The lowest BCUT2D eigenvalue weighted by Gasteiger charge is -2.52. The van der Waals surface area contributed by atoms with Crippen molar-refractivity contribution in [3.63, 3.8) is 0 Å². The molecule has 2 aliphatic heterocycles. The lowest BCUT2D eigenvalue weighted by atomic mass is 9.55. The zero-order chi connectivity index (χ0) is 22.5. The van der Waals surface area contributed by atoms with Gasteiger partial charge in [0.2, 0.25) is 0 Å². The quantitative estimate of drug-likeness (QED) is 0.574. The van der Waals surface area contributed by atoms with E-state index in [1.807, 2.05) is 12.1 Å². The van der Waals surface area contributed by atoms with Crippen molar-refractivity contribution >= 4 is 11.7 Å². The Bertz CT molecular complexity index is 894. The van der Waals surface area contributed by atoms with Crippen LogP contribution in [-0.4, -0.2) is 68.0 Å². The number of piperazine rings is 1. The molecule has 1 aromatic carbocycles. The van der Waals surface area contributed by atoms with E-state index in [0.717, 1.165) is 51.2 Å². The Morgan fingerprint density at radius 1 is 1.25 bits per heavy atom. The highest BCUT2D eigenvalue weighted by atomic mass is 16.6. The number of esters is 1. The van der Waals surface area contributed by atoms with E-state index in [1.54, 1.807) is 7.11 Å². The first-order chi connectivity index (χ1) is 15.4. The third kappa shape index (κ3) is 3.52. The van der Waals surface area contributed by atoms with Crippen molar-refractivity contribution < 1.29 is 19.4 Å². The third-order valence-electron chi connectivity index (χ3n) is 8.82. The largest absolute Gasteiger partial charge is 0.497 e. The van der Waals surface area contributed by atoms with Gasteiger partial charge < -0.3 is 19.5 Å². The van der Waals surface area contributed by atoms with Crippen LogP contribution in [-0.2, 0) is 9.53 Å². The van der Waals surface area contributed by atoms with E-state index in [-0.39, 0.29) is 29.3 Å². The van der Waals surface area contributed by atoms with Gasteiger partial charge in [-0.1, -0.05) is 31.6 Å². The fourth-order valence-corrected chi connectivity index (χ4v) is 6.55. The molecule has 0 bridgehead atoms. The lowest BCUT2D eigenvalue weighted by molar-refractivity contribution is -0.145. The van der Waals surface area contributed by atoms with Gasteiger partial charge >= 0.3 is 5.97 Å². The maximum absolute atomic E-state index is 12.9. The number of hydrogen-bond donors (Lipinski definition) is 1. The van der Waals surface area contributed by atoms with Crippen LogP contribution in [0.2, 0.25) is 0 Å². The summed E-state index contributed by atoms with van der Waals surface area (Å²) < 4.78 is 11.2. The summed E-state index contributed by atoms with van der Waals surface area (Å²) >= 11 is 0. The molecule has 5 rings (SSSR count). The molecule has 32 heavy (non-hydrogen) atoms. The molecule has 0 amide bonds. The van der Waals surface area contributed by atoms with Crippen LogP contribution in [0, 0.1) is 23.2 Å². The number of carbonyl (C=O) groups is 1. The monoisotopic (exact) mass is 440 g/mol. The zero-order valence-corrected chi connectivity index (χ0v) is 19.5. The van der Waals surface area contributed by atoms with Crippen molar-refractivity contribution in [3.8, 4) is 5.75 Å². The van der Waals surface area contributed by atoms with E-state index in [0.29, 0.717) is 12.5 Å². The van der Waals surface area contributed by atoms with Crippen LogP contribution < -0.4 is 9.64 Å². The number of aliphatic hydroxyl groups is 1. The van der Waals surface area contributed by atoms with Crippen LogP contribution in [0.25, 0.3) is 0 Å². The average molecular weight is 441 g/mol. The van der Waals surface area contributed by atoms with Gasteiger partial charge in [0.15, 0.2) is 0 Å². The standard InChI is InChI=1S/C26H36N2O4/c1-17-6-4-7-18-14-22-23(24(29)26(17,18)2)21(25(30)32-22)16-27-10-12-28(13-11-27)19-8-5-9-20(15-19)31-3/h5,7-9,15,17,21-24,29H,4,6,10-14,16H2,1-3H3/t17-,21-,22-,23-,24-,26-/m1/s1. The number of carbonyl (C=O) groups excluding carboxylic acids is 1. The number of aliphatic hydroxyl groups excluding tert-OH is 1. The highest BCUT2D eigenvalue weighted by Gasteiger charge is 2.59. The Hall–Kier alpha value is -2.05. The van der Waals surface area contributed by atoms with E-state index in [1.165, 1.54) is 11.3 Å². The summed E-state index contributed by atoms with van der Waals surface area (Å²) in [4.78, 5) is 17.6. The predicted octanol–water partition coefficient (Wildman–Crippen LogP) is 3.10. The number of benzene rings is 1. The molecule has 6 atom stereocenters. The first kappa shape index (κ1) is 21.8. The first-order valence-electron chi connectivity index (χ1n) is 12.1. The van der Waals surface area contributed by atoms with E-state index in [2.05, 4.69) is 41.9 Å². The molecule has 3 fully saturated rings. The third-order valence-corrected chi connectivity index (χ3v) is 8.82. The summed E-state index contributed by atoms with van der Waals surface area (Å²) in [5.74, 6) is 0.813. The number of fused-ring (bicyclic) bond motifs is 2. The van der Waals surface area contributed by atoms with Crippen molar-refractivity contribution in [3.05, 3.63) is 35.9 Å². The molecule has 174 valence electrons. The molecule has 0 unspecified atom stereocenters. The number of nitrogens with zero attached hydrogens (tertiary/aromatic N) is 2. The second-order valence-corrected chi connectivity index (χ2v) is 10.3. The highest BCUT2D eigenvalue weighted by molar-refractivity contribution is 5.76. The summed E-state index contributed by atoms with van der Waals surface area (Å²) in [6.45, 7) is 8.74. The summed E-state index contributed by atoms with van der Waals surface area (Å²) in [7, 11) is 1.69. The van der Waals surface area contributed by atoms with E-state index in [4.69, 9.17) is 9.47 Å². The highest BCUT2D eigenvalue weighted by Crippen LogP contribution is 2.56. The maximum atomic E-state index is 12.9. The number of anilines is 1. The molecule has 2 heterocycles. The van der Waals surface area contributed by atoms with E-state index >= 15 is 0 Å². The molecule has 0 radical (unpaired) electrons. The van der Waals surface area contributed by atoms with Gasteiger partial charge in [0, 0.05) is 62.2 Å². The molecule has 6 heteroatoms. The van der Waals surface area contributed by atoms with Gasteiger partial charge in [-0.25, -0.2) is 0 Å².